The van der Waals surface area contributed by atoms with Crippen LogP contribution in [0.2, 0.25) is 0 Å². The van der Waals surface area contributed by atoms with E-state index in [-0.39, 0.29) is 5.75 Å². The fourth-order valence-electron chi connectivity index (χ4n) is 2.91. The highest BCUT2D eigenvalue weighted by molar-refractivity contribution is 7.89. The van der Waals surface area contributed by atoms with E-state index in [1.165, 1.54) is 6.07 Å². The number of benzene rings is 1. The van der Waals surface area contributed by atoms with Crippen molar-refractivity contribution in [1.82, 2.24) is 14.9 Å². The Morgan fingerprint density at radius 3 is 2.76 bits per heavy atom. The number of hydrogen-bond acceptors (Lipinski definition) is 4. The van der Waals surface area contributed by atoms with Crippen molar-refractivity contribution in [2.24, 2.45) is 4.99 Å². The molecular weight excluding hydrogens is 409 g/mol. The maximum Gasteiger partial charge on any atom is 0.416 e. The van der Waals surface area contributed by atoms with Gasteiger partial charge in [0.2, 0.25) is 10.0 Å². The smallest absolute Gasteiger partial charge is 0.370 e. The molecular formula is C18H27F3N4O3S. The van der Waals surface area contributed by atoms with Crippen LogP contribution in [0.4, 0.5) is 13.2 Å². The third-order valence-electron chi connectivity index (χ3n) is 4.50. The Balaban J connectivity index is 1.92. The highest BCUT2D eigenvalue weighted by Gasteiger charge is 2.32. The number of alkyl halides is 3. The Kier molecular flexibility index (Phi) is 8.29. The number of nitrogens with zero attached hydrogens (tertiary/aromatic N) is 2. The molecule has 1 atom stereocenters. The molecule has 11 heteroatoms. The maximum atomic E-state index is 13.0. The zero-order chi connectivity index (χ0) is 21.5. The summed E-state index contributed by atoms with van der Waals surface area (Å²) in [5.74, 6) is 0.635. The Bertz CT molecular complexity index is 800. The SMILES string of the molecule is CCS(=O)(=O)NCCCNC(=NC)N1CCOC(c2cccc(C(F)(F)F)c2)C1. The number of ether oxygens (including phenoxy) is 1. The molecule has 0 saturated carbocycles. The Labute approximate surface area is 169 Å². The molecule has 1 aliphatic rings. The molecule has 0 radical (unpaired) electrons. The van der Waals surface area contributed by atoms with Crippen LogP contribution < -0.4 is 10.0 Å². The standard InChI is InChI=1S/C18H27F3N4O3S/c1-3-29(26,27)24-9-5-8-23-17(22-2)25-10-11-28-16(13-25)14-6-4-7-15(12-14)18(19,20)21/h4,6-7,12,16,24H,3,5,8-11,13H2,1-2H3,(H,22,23). The minimum absolute atomic E-state index is 0.0345. The number of aliphatic imine (C=N–C) groups is 1. The van der Waals surface area contributed by atoms with E-state index in [1.807, 2.05) is 4.90 Å². The highest BCUT2D eigenvalue weighted by atomic mass is 32.2. The molecule has 1 fully saturated rings. The van der Waals surface area contributed by atoms with Crippen LogP contribution in [0.3, 0.4) is 0 Å². The van der Waals surface area contributed by atoms with Crippen molar-refractivity contribution in [3.8, 4) is 0 Å². The molecule has 1 saturated heterocycles. The monoisotopic (exact) mass is 436 g/mol. The first-order valence-corrected chi connectivity index (χ1v) is 11.0. The fourth-order valence-corrected chi connectivity index (χ4v) is 3.57. The van der Waals surface area contributed by atoms with E-state index in [0.717, 1.165) is 12.1 Å². The number of rotatable bonds is 7. The van der Waals surface area contributed by atoms with E-state index >= 15 is 0 Å². The van der Waals surface area contributed by atoms with Crippen LogP contribution in [0.5, 0.6) is 0 Å². The van der Waals surface area contributed by atoms with Crippen LogP contribution >= 0.6 is 0 Å². The van der Waals surface area contributed by atoms with Crippen LogP contribution in [0, 0.1) is 0 Å². The van der Waals surface area contributed by atoms with Crippen molar-refractivity contribution >= 4 is 16.0 Å². The number of guanidine groups is 1. The van der Waals surface area contributed by atoms with Crippen molar-refractivity contribution in [2.45, 2.75) is 25.6 Å². The van der Waals surface area contributed by atoms with Gasteiger partial charge >= 0.3 is 6.18 Å². The van der Waals surface area contributed by atoms with Gasteiger partial charge in [0, 0.05) is 26.7 Å². The van der Waals surface area contributed by atoms with Crippen LogP contribution in [0.25, 0.3) is 0 Å². The average molecular weight is 437 g/mol. The van der Waals surface area contributed by atoms with Crippen molar-refractivity contribution in [3.63, 3.8) is 0 Å². The highest BCUT2D eigenvalue weighted by Crippen LogP contribution is 2.32. The summed E-state index contributed by atoms with van der Waals surface area (Å²) in [6, 6.07) is 5.16. The minimum Gasteiger partial charge on any atom is -0.370 e. The van der Waals surface area contributed by atoms with Crippen molar-refractivity contribution in [2.75, 3.05) is 45.6 Å². The normalized spacial score (nSPS) is 18.7. The largest absolute Gasteiger partial charge is 0.416 e. The van der Waals surface area contributed by atoms with Gasteiger partial charge in [0.1, 0.15) is 6.10 Å². The topological polar surface area (TPSA) is 83.0 Å². The van der Waals surface area contributed by atoms with Gasteiger partial charge in [-0.15, -0.1) is 0 Å². The second-order valence-electron chi connectivity index (χ2n) is 6.55. The first-order valence-electron chi connectivity index (χ1n) is 9.38. The van der Waals surface area contributed by atoms with E-state index in [2.05, 4.69) is 15.0 Å². The van der Waals surface area contributed by atoms with E-state index in [0.29, 0.717) is 50.7 Å². The van der Waals surface area contributed by atoms with Gasteiger partial charge in [0.05, 0.1) is 24.5 Å². The fraction of sp³-hybridized carbons (Fsp3) is 0.611. The van der Waals surface area contributed by atoms with Gasteiger partial charge in [0.25, 0.3) is 0 Å². The predicted octanol–water partition coefficient (Wildman–Crippen LogP) is 1.98. The number of morpholine rings is 1. The molecule has 0 spiro atoms. The molecule has 0 bridgehead atoms. The quantitative estimate of drug-likeness (QED) is 0.388. The minimum atomic E-state index is -4.40. The third-order valence-corrected chi connectivity index (χ3v) is 5.91. The molecule has 0 aromatic heterocycles. The number of hydrogen-bond donors (Lipinski definition) is 2. The number of nitrogens with one attached hydrogen (secondary N) is 2. The van der Waals surface area contributed by atoms with Crippen LogP contribution in [-0.2, 0) is 20.9 Å². The summed E-state index contributed by atoms with van der Waals surface area (Å²) in [7, 11) is -1.59. The van der Waals surface area contributed by atoms with Crippen molar-refractivity contribution in [3.05, 3.63) is 35.4 Å². The molecule has 0 amide bonds. The lowest BCUT2D eigenvalue weighted by molar-refractivity contribution is -0.137. The van der Waals surface area contributed by atoms with E-state index in [4.69, 9.17) is 4.74 Å². The Morgan fingerprint density at radius 2 is 2.10 bits per heavy atom. The van der Waals surface area contributed by atoms with Crippen LogP contribution in [0.1, 0.15) is 30.6 Å². The molecule has 0 aliphatic carbocycles. The summed E-state index contributed by atoms with van der Waals surface area (Å²) < 4.78 is 69.9. The molecule has 1 aromatic rings. The summed E-state index contributed by atoms with van der Waals surface area (Å²) in [4.78, 5) is 6.14. The molecule has 7 nitrogen and oxygen atoms in total. The van der Waals surface area contributed by atoms with Gasteiger partial charge in [-0.1, -0.05) is 12.1 Å². The summed E-state index contributed by atoms with van der Waals surface area (Å²) in [6.45, 7) is 3.67. The summed E-state index contributed by atoms with van der Waals surface area (Å²) in [5, 5.41) is 3.16. The van der Waals surface area contributed by atoms with Crippen LogP contribution in [0.15, 0.2) is 29.3 Å². The van der Waals surface area contributed by atoms with Gasteiger partial charge in [0.15, 0.2) is 5.96 Å². The third kappa shape index (κ3) is 7.16. The first kappa shape index (κ1) is 23.4. The molecule has 1 heterocycles. The summed E-state index contributed by atoms with van der Waals surface area (Å²) in [5.41, 5.74) is -0.235. The van der Waals surface area contributed by atoms with Gasteiger partial charge in [-0.3, -0.25) is 4.99 Å². The summed E-state index contributed by atoms with van der Waals surface area (Å²) >= 11 is 0. The first-order chi connectivity index (χ1) is 13.7. The van der Waals surface area contributed by atoms with Crippen LogP contribution in [-0.4, -0.2) is 64.9 Å². The zero-order valence-electron chi connectivity index (χ0n) is 16.5. The average Bonchev–Trinajstić information content (AvgIpc) is 2.70. The van der Waals surface area contributed by atoms with Crippen molar-refractivity contribution < 1.29 is 26.3 Å². The van der Waals surface area contributed by atoms with E-state index in [1.54, 1.807) is 20.0 Å². The van der Waals surface area contributed by atoms with Gasteiger partial charge in [-0.25, -0.2) is 13.1 Å². The lowest BCUT2D eigenvalue weighted by Crippen LogP contribution is -2.48. The molecule has 2 N–H and O–H groups in total. The molecule has 2 rings (SSSR count). The second-order valence-corrected chi connectivity index (χ2v) is 8.65. The maximum absolute atomic E-state index is 13.0. The van der Waals surface area contributed by atoms with Gasteiger partial charge in [-0.2, -0.15) is 13.2 Å². The van der Waals surface area contributed by atoms with Gasteiger partial charge in [-0.05, 0) is 31.0 Å². The molecule has 1 aromatic carbocycles. The van der Waals surface area contributed by atoms with Gasteiger partial charge < -0.3 is 15.0 Å². The zero-order valence-corrected chi connectivity index (χ0v) is 17.3. The Morgan fingerprint density at radius 1 is 1.34 bits per heavy atom. The van der Waals surface area contributed by atoms with E-state index in [9.17, 15) is 21.6 Å². The lowest BCUT2D eigenvalue weighted by atomic mass is 10.0. The molecule has 1 aliphatic heterocycles. The Hall–Kier alpha value is -1.85. The predicted molar refractivity (Wildman–Crippen MR) is 105 cm³/mol. The van der Waals surface area contributed by atoms with Crippen molar-refractivity contribution in [1.29, 1.82) is 0 Å². The molecule has 1 unspecified atom stereocenters. The molecule has 29 heavy (non-hydrogen) atoms. The lowest BCUT2D eigenvalue weighted by Gasteiger charge is -2.35. The second kappa shape index (κ2) is 10.3. The number of halogens is 3. The molecule has 164 valence electrons. The summed E-state index contributed by atoms with van der Waals surface area (Å²) in [6.07, 6.45) is -4.33. The van der Waals surface area contributed by atoms with E-state index < -0.39 is 27.9 Å². The number of sulfonamides is 1.